The normalized spacial score (nSPS) is 10.9. The van der Waals surface area contributed by atoms with Crippen LogP contribution in [0.2, 0.25) is 0 Å². The Hall–Kier alpha value is -2.97. The quantitative estimate of drug-likeness (QED) is 0.499. The minimum Gasteiger partial charge on any atom is -0.437 e. The van der Waals surface area contributed by atoms with Crippen LogP contribution in [-0.2, 0) is 0 Å². The van der Waals surface area contributed by atoms with Gasteiger partial charge in [0.2, 0.25) is 11.1 Å². The summed E-state index contributed by atoms with van der Waals surface area (Å²) in [5.41, 5.74) is 1.50. The van der Waals surface area contributed by atoms with Gasteiger partial charge in [-0.1, -0.05) is 18.2 Å². The molecule has 4 rings (SSSR count). The highest BCUT2D eigenvalue weighted by Gasteiger charge is 2.15. The summed E-state index contributed by atoms with van der Waals surface area (Å²) in [4.78, 5) is 17.8. The molecule has 0 amide bonds. The fourth-order valence-corrected chi connectivity index (χ4v) is 3.14. The fourth-order valence-electron chi connectivity index (χ4n) is 2.42. The van der Waals surface area contributed by atoms with E-state index < -0.39 is 0 Å². The smallest absolute Gasteiger partial charge is 0.231 e. The maximum absolute atomic E-state index is 12.5. The SMILES string of the molecule is N#Cc1cc2c(=O)c3ccccc3oc2nc1-c1cccs1. The van der Waals surface area contributed by atoms with Crippen LogP contribution in [-0.4, -0.2) is 4.98 Å². The van der Waals surface area contributed by atoms with Crippen LogP contribution >= 0.6 is 11.3 Å². The molecule has 0 aliphatic carbocycles. The summed E-state index contributed by atoms with van der Waals surface area (Å²) in [7, 11) is 0. The minimum atomic E-state index is -0.168. The van der Waals surface area contributed by atoms with Crippen molar-refractivity contribution in [3.8, 4) is 16.6 Å². The highest BCUT2D eigenvalue weighted by Crippen LogP contribution is 2.28. The molecule has 0 spiro atoms. The zero-order valence-corrected chi connectivity index (χ0v) is 12.1. The first kappa shape index (κ1) is 12.7. The fraction of sp³-hybridized carbons (Fsp3) is 0. The van der Waals surface area contributed by atoms with Crippen LogP contribution in [0.1, 0.15) is 5.56 Å². The number of benzene rings is 1. The number of nitrogens with zero attached hydrogens (tertiary/aromatic N) is 2. The molecule has 0 unspecified atom stereocenters. The molecule has 4 nitrogen and oxygen atoms in total. The number of nitriles is 1. The lowest BCUT2D eigenvalue weighted by Gasteiger charge is -2.04. The summed E-state index contributed by atoms with van der Waals surface area (Å²) in [5.74, 6) is 0. The highest BCUT2D eigenvalue weighted by atomic mass is 32.1. The molecule has 0 atom stereocenters. The number of rotatable bonds is 1. The molecular weight excluding hydrogens is 296 g/mol. The van der Waals surface area contributed by atoms with Crippen LogP contribution < -0.4 is 5.43 Å². The van der Waals surface area contributed by atoms with E-state index in [4.69, 9.17) is 4.42 Å². The standard InChI is InChI=1S/C17H8N2O2S/c18-9-10-8-12-16(20)11-4-1-2-5-13(11)21-17(12)19-15(10)14-6-3-7-22-14/h1-8H. The van der Waals surface area contributed by atoms with Gasteiger partial charge in [0, 0.05) is 0 Å². The summed E-state index contributed by atoms with van der Waals surface area (Å²) in [6.07, 6.45) is 0. The predicted octanol–water partition coefficient (Wildman–Crippen LogP) is 3.94. The van der Waals surface area contributed by atoms with E-state index in [1.54, 1.807) is 30.3 Å². The molecule has 1 aromatic carbocycles. The van der Waals surface area contributed by atoms with Gasteiger partial charge in [-0.15, -0.1) is 11.3 Å². The topological polar surface area (TPSA) is 66.9 Å². The van der Waals surface area contributed by atoms with Crippen LogP contribution in [0.15, 0.2) is 57.1 Å². The van der Waals surface area contributed by atoms with E-state index >= 15 is 0 Å². The second-order valence-corrected chi connectivity index (χ2v) is 5.70. The number of fused-ring (bicyclic) bond motifs is 2. The van der Waals surface area contributed by atoms with Crippen molar-refractivity contribution in [3.63, 3.8) is 0 Å². The number of hydrogen-bond donors (Lipinski definition) is 0. The Bertz CT molecular complexity index is 1110. The van der Waals surface area contributed by atoms with Crippen molar-refractivity contribution in [2.45, 2.75) is 0 Å². The largest absolute Gasteiger partial charge is 0.437 e. The first-order valence-electron chi connectivity index (χ1n) is 6.58. The average Bonchev–Trinajstić information content (AvgIpc) is 3.08. The maximum Gasteiger partial charge on any atom is 0.231 e. The molecule has 3 heterocycles. The summed E-state index contributed by atoms with van der Waals surface area (Å²) < 4.78 is 5.75. The van der Waals surface area contributed by atoms with Gasteiger partial charge in [-0.3, -0.25) is 4.79 Å². The third kappa shape index (κ3) is 1.82. The van der Waals surface area contributed by atoms with E-state index in [9.17, 15) is 10.1 Å². The molecule has 0 fully saturated rings. The van der Waals surface area contributed by atoms with Crippen molar-refractivity contribution >= 4 is 33.4 Å². The Labute approximate surface area is 128 Å². The van der Waals surface area contributed by atoms with Crippen LogP contribution in [0, 0.1) is 11.3 Å². The van der Waals surface area contributed by atoms with Crippen molar-refractivity contribution < 1.29 is 4.42 Å². The van der Waals surface area contributed by atoms with E-state index in [0.717, 1.165) is 4.88 Å². The number of hydrogen-bond acceptors (Lipinski definition) is 5. The summed E-state index contributed by atoms with van der Waals surface area (Å²) in [5, 5.41) is 12.1. The van der Waals surface area contributed by atoms with Gasteiger partial charge in [0.1, 0.15) is 17.3 Å². The van der Waals surface area contributed by atoms with Crippen molar-refractivity contribution in [1.82, 2.24) is 4.98 Å². The Morgan fingerprint density at radius 2 is 2.00 bits per heavy atom. The molecule has 0 aliphatic heterocycles. The van der Waals surface area contributed by atoms with E-state index in [2.05, 4.69) is 11.1 Å². The zero-order valence-electron chi connectivity index (χ0n) is 11.2. The number of para-hydroxylation sites is 1. The van der Waals surface area contributed by atoms with E-state index in [-0.39, 0.29) is 11.1 Å². The number of pyridine rings is 1. The van der Waals surface area contributed by atoms with E-state index in [1.165, 1.54) is 11.3 Å². The third-order valence-electron chi connectivity index (χ3n) is 3.45. The summed E-state index contributed by atoms with van der Waals surface area (Å²) in [6.45, 7) is 0. The minimum absolute atomic E-state index is 0.168. The molecule has 4 aromatic rings. The second-order valence-electron chi connectivity index (χ2n) is 4.75. The summed E-state index contributed by atoms with van der Waals surface area (Å²) in [6, 6.07) is 14.5. The lowest BCUT2D eigenvalue weighted by atomic mass is 10.1. The molecule has 0 bridgehead atoms. The van der Waals surface area contributed by atoms with Crippen LogP contribution in [0.3, 0.4) is 0 Å². The van der Waals surface area contributed by atoms with Crippen molar-refractivity contribution in [2.75, 3.05) is 0 Å². The lowest BCUT2D eigenvalue weighted by Crippen LogP contribution is -2.04. The molecule has 5 heteroatoms. The van der Waals surface area contributed by atoms with Gasteiger partial charge in [0.05, 0.1) is 21.2 Å². The van der Waals surface area contributed by atoms with Crippen molar-refractivity contribution in [1.29, 1.82) is 5.26 Å². The highest BCUT2D eigenvalue weighted by molar-refractivity contribution is 7.13. The van der Waals surface area contributed by atoms with E-state index in [0.29, 0.717) is 27.6 Å². The molecule has 0 radical (unpaired) electrons. The Morgan fingerprint density at radius 3 is 2.77 bits per heavy atom. The molecule has 0 saturated heterocycles. The van der Waals surface area contributed by atoms with E-state index in [1.807, 2.05) is 17.5 Å². The van der Waals surface area contributed by atoms with Crippen LogP contribution in [0.4, 0.5) is 0 Å². The van der Waals surface area contributed by atoms with Gasteiger partial charge in [-0.25, -0.2) is 4.98 Å². The molecule has 0 aliphatic rings. The van der Waals surface area contributed by atoms with Gasteiger partial charge in [-0.05, 0) is 29.6 Å². The predicted molar refractivity (Wildman–Crippen MR) is 85.8 cm³/mol. The first-order valence-corrected chi connectivity index (χ1v) is 7.46. The van der Waals surface area contributed by atoms with Crippen molar-refractivity contribution in [3.05, 3.63) is 63.6 Å². The molecular formula is C17H8N2O2S. The summed E-state index contributed by atoms with van der Waals surface area (Å²) >= 11 is 1.49. The van der Waals surface area contributed by atoms with Crippen LogP contribution in [0.25, 0.3) is 32.6 Å². The molecule has 0 saturated carbocycles. The molecule has 22 heavy (non-hydrogen) atoms. The monoisotopic (exact) mass is 304 g/mol. The van der Waals surface area contributed by atoms with Gasteiger partial charge in [0.15, 0.2) is 0 Å². The lowest BCUT2D eigenvalue weighted by molar-refractivity contribution is 0.645. The van der Waals surface area contributed by atoms with Crippen LogP contribution in [0.5, 0.6) is 0 Å². The van der Waals surface area contributed by atoms with Crippen molar-refractivity contribution in [2.24, 2.45) is 0 Å². The molecule has 104 valence electrons. The van der Waals surface area contributed by atoms with Gasteiger partial charge >= 0.3 is 0 Å². The average molecular weight is 304 g/mol. The Morgan fingerprint density at radius 1 is 1.14 bits per heavy atom. The second kappa shape index (κ2) is 4.79. The molecule has 3 aromatic heterocycles. The maximum atomic E-state index is 12.5. The number of thiophene rings is 1. The Kier molecular flexibility index (Phi) is 2.78. The third-order valence-corrected chi connectivity index (χ3v) is 4.32. The van der Waals surface area contributed by atoms with Gasteiger partial charge in [-0.2, -0.15) is 5.26 Å². The number of aromatic nitrogens is 1. The van der Waals surface area contributed by atoms with Gasteiger partial charge < -0.3 is 4.42 Å². The van der Waals surface area contributed by atoms with Gasteiger partial charge in [0.25, 0.3) is 0 Å². The first-order chi connectivity index (χ1) is 10.8. The molecule has 0 N–H and O–H groups in total. The Balaban J connectivity index is 2.16. The zero-order chi connectivity index (χ0) is 15.1.